The predicted molar refractivity (Wildman–Crippen MR) is 88.1 cm³/mol. The van der Waals surface area contributed by atoms with Gasteiger partial charge in [-0.25, -0.2) is 4.98 Å². The van der Waals surface area contributed by atoms with Crippen molar-refractivity contribution in [2.75, 3.05) is 26.1 Å². The topological polar surface area (TPSA) is 25.4 Å². The van der Waals surface area contributed by atoms with Crippen molar-refractivity contribution >= 4 is 16.6 Å². The third-order valence-electron chi connectivity index (χ3n) is 3.58. The molecular weight excluding hydrogens is 260 g/mol. The number of hydrogen-bond acceptors (Lipinski definition) is 3. The number of nitrogens with zero attached hydrogens (tertiary/aromatic N) is 2. The molecule has 0 aliphatic rings. The van der Waals surface area contributed by atoms with Crippen LogP contribution < -0.4 is 9.64 Å². The Morgan fingerprint density at radius 3 is 2.33 bits per heavy atom. The first-order valence-electron chi connectivity index (χ1n) is 6.90. The molecule has 0 aliphatic heterocycles. The molecule has 3 rings (SSSR count). The molecule has 0 fully saturated rings. The standard InChI is InChI=1S/C18H18N2O/c1-20(2)15-10-7-13(8-11-15)16-12-9-14-5-4-6-17(21-3)18(14)19-16/h4-12H,1-3H3. The molecule has 21 heavy (non-hydrogen) atoms. The monoisotopic (exact) mass is 278 g/mol. The molecule has 0 radical (unpaired) electrons. The van der Waals surface area contributed by atoms with Crippen LogP contribution in [0.4, 0.5) is 5.69 Å². The molecule has 0 spiro atoms. The highest BCUT2D eigenvalue weighted by molar-refractivity contribution is 5.86. The molecule has 0 saturated carbocycles. The summed E-state index contributed by atoms with van der Waals surface area (Å²) in [6.45, 7) is 0. The van der Waals surface area contributed by atoms with Crippen molar-refractivity contribution in [2.45, 2.75) is 0 Å². The van der Waals surface area contributed by atoms with E-state index in [-0.39, 0.29) is 0 Å². The maximum Gasteiger partial charge on any atom is 0.145 e. The third kappa shape index (κ3) is 2.55. The first kappa shape index (κ1) is 13.4. The second-order valence-electron chi connectivity index (χ2n) is 5.17. The molecule has 106 valence electrons. The van der Waals surface area contributed by atoms with E-state index in [9.17, 15) is 0 Å². The first-order chi connectivity index (χ1) is 10.2. The van der Waals surface area contributed by atoms with Gasteiger partial charge in [-0.05, 0) is 24.3 Å². The SMILES string of the molecule is COc1cccc2ccc(-c3ccc(N(C)C)cc3)nc12. The first-order valence-corrected chi connectivity index (χ1v) is 6.90. The normalized spacial score (nSPS) is 10.6. The number of benzene rings is 2. The van der Waals surface area contributed by atoms with Gasteiger partial charge < -0.3 is 9.64 Å². The van der Waals surface area contributed by atoms with Crippen LogP contribution >= 0.6 is 0 Å². The zero-order valence-corrected chi connectivity index (χ0v) is 12.5. The van der Waals surface area contributed by atoms with Crippen molar-refractivity contribution in [3.63, 3.8) is 0 Å². The Balaban J connectivity index is 2.08. The van der Waals surface area contributed by atoms with Gasteiger partial charge in [0.15, 0.2) is 0 Å². The van der Waals surface area contributed by atoms with Crippen LogP contribution in [0.1, 0.15) is 0 Å². The van der Waals surface area contributed by atoms with Crippen molar-refractivity contribution in [3.05, 3.63) is 54.6 Å². The van der Waals surface area contributed by atoms with E-state index in [4.69, 9.17) is 9.72 Å². The lowest BCUT2D eigenvalue weighted by molar-refractivity contribution is 0.419. The number of para-hydroxylation sites is 1. The summed E-state index contributed by atoms with van der Waals surface area (Å²) in [6.07, 6.45) is 0. The van der Waals surface area contributed by atoms with Crippen molar-refractivity contribution < 1.29 is 4.74 Å². The fraction of sp³-hybridized carbons (Fsp3) is 0.167. The molecule has 1 aromatic heterocycles. The largest absolute Gasteiger partial charge is 0.494 e. The van der Waals surface area contributed by atoms with Gasteiger partial charge in [-0.3, -0.25) is 0 Å². The lowest BCUT2D eigenvalue weighted by atomic mass is 10.1. The molecule has 0 atom stereocenters. The smallest absolute Gasteiger partial charge is 0.145 e. The number of pyridine rings is 1. The molecule has 0 aliphatic carbocycles. The van der Waals surface area contributed by atoms with Crippen LogP contribution in [0.15, 0.2) is 54.6 Å². The molecule has 0 amide bonds. The van der Waals surface area contributed by atoms with E-state index in [2.05, 4.69) is 35.2 Å². The Morgan fingerprint density at radius 2 is 1.67 bits per heavy atom. The molecule has 0 unspecified atom stereocenters. The molecule has 1 heterocycles. The molecule has 3 nitrogen and oxygen atoms in total. The number of rotatable bonds is 3. The number of hydrogen-bond donors (Lipinski definition) is 0. The minimum Gasteiger partial charge on any atom is -0.494 e. The second-order valence-corrected chi connectivity index (χ2v) is 5.17. The maximum absolute atomic E-state index is 5.40. The minimum atomic E-state index is 0.805. The summed E-state index contributed by atoms with van der Waals surface area (Å²) in [5.74, 6) is 0.805. The van der Waals surface area contributed by atoms with Gasteiger partial charge in [-0.2, -0.15) is 0 Å². The van der Waals surface area contributed by atoms with E-state index in [1.165, 1.54) is 5.69 Å². The summed E-state index contributed by atoms with van der Waals surface area (Å²) in [5.41, 5.74) is 4.14. The highest BCUT2D eigenvalue weighted by Gasteiger charge is 2.06. The lowest BCUT2D eigenvalue weighted by Crippen LogP contribution is -2.07. The molecule has 0 bridgehead atoms. The summed E-state index contributed by atoms with van der Waals surface area (Å²) < 4.78 is 5.40. The van der Waals surface area contributed by atoms with Crippen LogP contribution in [0.3, 0.4) is 0 Å². The van der Waals surface area contributed by atoms with Crippen molar-refractivity contribution in [3.8, 4) is 17.0 Å². The predicted octanol–water partition coefficient (Wildman–Crippen LogP) is 3.98. The zero-order chi connectivity index (χ0) is 14.8. The Hall–Kier alpha value is -2.55. The fourth-order valence-electron chi connectivity index (χ4n) is 2.38. The van der Waals surface area contributed by atoms with Crippen molar-refractivity contribution in [1.29, 1.82) is 0 Å². The van der Waals surface area contributed by atoms with E-state index in [1.807, 2.05) is 38.4 Å². The summed E-state index contributed by atoms with van der Waals surface area (Å²) >= 11 is 0. The fourth-order valence-corrected chi connectivity index (χ4v) is 2.38. The summed E-state index contributed by atoms with van der Waals surface area (Å²) in [5, 5.41) is 1.09. The third-order valence-corrected chi connectivity index (χ3v) is 3.58. The number of anilines is 1. The van der Waals surface area contributed by atoms with Gasteiger partial charge in [0.05, 0.1) is 12.8 Å². The van der Waals surface area contributed by atoms with Crippen molar-refractivity contribution in [2.24, 2.45) is 0 Å². The van der Waals surface area contributed by atoms with E-state index >= 15 is 0 Å². The summed E-state index contributed by atoms with van der Waals surface area (Å²) in [4.78, 5) is 6.84. The Bertz CT molecular complexity index is 764. The quantitative estimate of drug-likeness (QED) is 0.724. The summed E-state index contributed by atoms with van der Waals surface area (Å²) in [6, 6.07) is 18.5. The van der Waals surface area contributed by atoms with Crippen LogP contribution in [-0.4, -0.2) is 26.2 Å². The Morgan fingerprint density at radius 1 is 0.905 bits per heavy atom. The molecule has 2 aromatic carbocycles. The Labute approximate surface area is 124 Å². The number of ether oxygens (including phenoxy) is 1. The molecule has 0 saturated heterocycles. The highest BCUT2D eigenvalue weighted by atomic mass is 16.5. The Kier molecular flexibility index (Phi) is 3.48. The second kappa shape index (κ2) is 5.44. The van der Waals surface area contributed by atoms with Gasteiger partial charge >= 0.3 is 0 Å². The molecule has 0 N–H and O–H groups in total. The van der Waals surface area contributed by atoms with Gasteiger partial charge in [0, 0.05) is 30.7 Å². The number of methoxy groups -OCH3 is 1. The van der Waals surface area contributed by atoms with Gasteiger partial charge in [0.1, 0.15) is 11.3 Å². The van der Waals surface area contributed by atoms with Crippen LogP contribution in [-0.2, 0) is 0 Å². The van der Waals surface area contributed by atoms with Gasteiger partial charge in [0.25, 0.3) is 0 Å². The van der Waals surface area contributed by atoms with Crippen LogP contribution in [0, 0.1) is 0 Å². The van der Waals surface area contributed by atoms with Gasteiger partial charge in [-0.15, -0.1) is 0 Å². The van der Waals surface area contributed by atoms with E-state index in [1.54, 1.807) is 7.11 Å². The van der Waals surface area contributed by atoms with Crippen LogP contribution in [0.5, 0.6) is 5.75 Å². The average Bonchev–Trinajstić information content (AvgIpc) is 2.53. The van der Waals surface area contributed by atoms with E-state index < -0.39 is 0 Å². The summed E-state index contributed by atoms with van der Waals surface area (Å²) in [7, 11) is 5.75. The van der Waals surface area contributed by atoms with E-state index in [0.29, 0.717) is 0 Å². The van der Waals surface area contributed by atoms with Crippen molar-refractivity contribution in [1.82, 2.24) is 4.98 Å². The number of aromatic nitrogens is 1. The lowest BCUT2D eigenvalue weighted by Gasteiger charge is -2.13. The number of fused-ring (bicyclic) bond motifs is 1. The van der Waals surface area contributed by atoms with Gasteiger partial charge in [-0.1, -0.05) is 30.3 Å². The average molecular weight is 278 g/mol. The highest BCUT2D eigenvalue weighted by Crippen LogP contribution is 2.27. The molecule has 3 aromatic rings. The zero-order valence-electron chi connectivity index (χ0n) is 12.5. The van der Waals surface area contributed by atoms with E-state index in [0.717, 1.165) is 27.9 Å². The maximum atomic E-state index is 5.40. The molecular formula is C18H18N2O. The minimum absolute atomic E-state index is 0.805. The van der Waals surface area contributed by atoms with Crippen LogP contribution in [0.2, 0.25) is 0 Å². The van der Waals surface area contributed by atoms with Crippen LogP contribution in [0.25, 0.3) is 22.2 Å². The molecule has 3 heteroatoms. The van der Waals surface area contributed by atoms with Gasteiger partial charge in [0.2, 0.25) is 0 Å².